The first-order chi connectivity index (χ1) is 6.99. The summed E-state index contributed by atoms with van der Waals surface area (Å²) in [5, 5.41) is 0.467. The Hall–Kier alpha value is -0.395. The van der Waals surface area contributed by atoms with E-state index >= 15 is 0 Å². The smallest absolute Gasteiger partial charge is 0.109 e. The fourth-order valence-electron chi connectivity index (χ4n) is 3.14. The predicted octanol–water partition coefficient (Wildman–Crippen LogP) is 3.07. The molecule has 1 fully saturated rings. The molecule has 0 spiro atoms. The number of ether oxygens (including phenoxy) is 1. The summed E-state index contributed by atoms with van der Waals surface area (Å²) in [4.78, 5) is 0. The van der Waals surface area contributed by atoms with Crippen molar-refractivity contribution in [1.29, 1.82) is 0 Å². The molecule has 0 aromatic heterocycles. The van der Waals surface area contributed by atoms with Crippen molar-refractivity contribution < 1.29 is 4.74 Å². The molecule has 0 aromatic rings. The SMILES string of the molecule is B[C@]1(C)CCCCC2C(C)=C(C)OC2C1. The predicted molar refractivity (Wildman–Crippen MR) is 66.7 cm³/mol. The third-order valence-corrected chi connectivity index (χ3v) is 4.26. The molecule has 2 rings (SSSR count). The van der Waals surface area contributed by atoms with Crippen molar-refractivity contribution in [2.75, 3.05) is 0 Å². The lowest BCUT2D eigenvalue weighted by Crippen LogP contribution is -2.26. The summed E-state index contributed by atoms with van der Waals surface area (Å²) in [6, 6.07) is 0. The van der Waals surface area contributed by atoms with Gasteiger partial charge >= 0.3 is 0 Å². The van der Waals surface area contributed by atoms with Crippen LogP contribution in [0, 0.1) is 5.92 Å². The van der Waals surface area contributed by atoms with Crippen molar-refractivity contribution in [2.24, 2.45) is 5.92 Å². The molecule has 15 heavy (non-hydrogen) atoms. The summed E-state index contributed by atoms with van der Waals surface area (Å²) < 4.78 is 6.03. The summed E-state index contributed by atoms with van der Waals surface area (Å²) in [5.74, 6) is 1.91. The van der Waals surface area contributed by atoms with Crippen LogP contribution in [0.2, 0.25) is 5.31 Å². The average molecular weight is 206 g/mol. The lowest BCUT2D eigenvalue weighted by atomic mass is 9.61. The summed E-state index contributed by atoms with van der Waals surface area (Å²) in [6.07, 6.45) is 7.16. The van der Waals surface area contributed by atoms with E-state index in [0.29, 0.717) is 17.3 Å². The maximum Gasteiger partial charge on any atom is 0.109 e. The van der Waals surface area contributed by atoms with Crippen LogP contribution in [0.15, 0.2) is 11.3 Å². The van der Waals surface area contributed by atoms with Gasteiger partial charge in [-0.3, -0.25) is 0 Å². The highest BCUT2D eigenvalue weighted by Crippen LogP contribution is 2.45. The van der Waals surface area contributed by atoms with Crippen LogP contribution in [0.5, 0.6) is 0 Å². The van der Waals surface area contributed by atoms with E-state index in [9.17, 15) is 0 Å². The van der Waals surface area contributed by atoms with Crippen LogP contribution in [0.25, 0.3) is 0 Å². The molecule has 1 nitrogen and oxygen atoms in total. The molecule has 0 amide bonds. The molecule has 3 atom stereocenters. The molecule has 1 aliphatic heterocycles. The van der Waals surface area contributed by atoms with E-state index < -0.39 is 0 Å². The molecule has 0 radical (unpaired) electrons. The number of allylic oxidation sites excluding steroid dienone is 1. The summed E-state index contributed by atoms with van der Waals surface area (Å²) in [6.45, 7) is 6.78. The van der Waals surface area contributed by atoms with Gasteiger partial charge in [-0.15, -0.1) is 0 Å². The molecule has 2 unspecified atom stereocenters. The van der Waals surface area contributed by atoms with E-state index in [1.165, 1.54) is 43.4 Å². The summed E-state index contributed by atoms with van der Waals surface area (Å²) in [7, 11) is 2.39. The van der Waals surface area contributed by atoms with Gasteiger partial charge in [0.2, 0.25) is 0 Å². The third-order valence-electron chi connectivity index (χ3n) is 4.26. The zero-order chi connectivity index (χ0) is 11.1. The van der Waals surface area contributed by atoms with Crippen molar-refractivity contribution in [2.45, 2.75) is 64.3 Å². The summed E-state index contributed by atoms with van der Waals surface area (Å²) in [5.41, 5.74) is 1.51. The quantitative estimate of drug-likeness (QED) is 0.553. The van der Waals surface area contributed by atoms with Gasteiger partial charge in [-0.05, 0) is 32.3 Å². The zero-order valence-electron chi connectivity index (χ0n) is 10.6. The number of fused-ring (bicyclic) bond motifs is 1. The molecule has 2 aliphatic rings. The lowest BCUT2D eigenvalue weighted by molar-refractivity contribution is 0.0824. The van der Waals surface area contributed by atoms with Crippen molar-refractivity contribution in [3.63, 3.8) is 0 Å². The molecule has 1 saturated carbocycles. The molecular formula is C13H23BO. The van der Waals surface area contributed by atoms with Crippen LogP contribution in [-0.2, 0) is 4.74 Å². The van der Waals surface area contributed by atoms with Gasteiger partial charge < -0.3 is 4.74 Å². The van der Waals surface area contributed by atoms with E-state index in [2.05, 4.69) is 28.6 Å². The van der Waals surface area contributed by atoms with Gasteiger partial charge in [0.15, 0.2) is 0 Å². The number of hydrogen-bond donors (Lipinski definition) is 0. The maximum atomic E-state index is 6.03. The van der Waals surface area contributed by atoms with Crippen molar-refractivity contribution in [3.8, 4) is 0 Å². The van der Waals surface area contributed by atoms with E-state index in [0.717, 1.165) is 0 Å². The Kier molecular flexibility index (Phi) is 2.87. The van der Waals surface area contributed by atoms with Crippen LogP contribution in [-0.4, -0.2) is 14.0 Å². The van der Waals surface area contributed by atoms with Gasteiger partial charge in [0, 0.05) is 5.92 Å². The van der Waals surface area contributed by atoms with Gasteiger partial charge in [-0.25, -0.2) is 0 Å². The number of rotatable bonds is 0. The van der Waals surface area contributed by atoms with Gasteiger partial charge in [-0.2, -0.15) is 0 Å². The topological polar surface area (TPSA) is 9.23 Å². The average Bonchev–Trinajstić information content (AvgIpc) is 2.35. The Morgan fingerprint density at radius 3 is 2.80 bits per heavy atom. The third kappa shape index (κ3) is 2.24. The van der Waals surface area contributed by atoms with Crippen LogP contribution in [0.3, 0.4) is 0 Å². The Morgan fingerprint density at radius 1 is 1.33 bits per heavy atom. The highest BCUT2D eigenvalue weighted by atomic mass is 16.5. The van der Waals surface area contributed by atoms with E-state index in [1.807, 2.05) is 0 Å². The number of hydrogen-bond acceptors (Lipinski definition) is 1. The van der Waals surface area contributed by atoms with Crippen molar-refractivity contribution in [1.82, 2.24) is 0 Å². The Balaban J connectivity index is 2.14. The van der Waals surface area contributed by atoms with Gasteiger partial charge in [0.05, 0.1) is 5.76 Å². The monoisotopic (exact) mass is 206 g/mol. The van der Waals surface area contributed by atoms with Gasteiger partial charge in [0.25, 0.3) is 0 Å². The molecule has 0 N–H and O–H groups in total. The van der Waals surface area contributed by atoms with Gasteiger partial charge in [0.1, 0.15) is 14.0 Å². The zero-order valence-corrected chi connectivity index (χ0v) is 10.6. The summed E-state index contributed by atoms with van der Waals surface area (Å²) >= 11 is 0. The minimum absolute atomic E-state index is 0.467. The Bertz CT molecular complexity index is 280. The van der Waals surface area contributed by atoms with Crippen LogP contribution < -0.4 is 0 Å². The fourth-order valence-corrected chi connectivity index (χ4v) is 3.14. The van der Waals surface area contributed by atoms with Crippen LogP contribution in [0.1, 0.15) is 52.9 Å². The Morgan fingerprint density at radius 2 is 2.07 bits per heavy atom. The van der Waals surface area contributed by atoms with E-state index in [4.69, 9.17) is 4.74 Å². The second-order valence-corrected chi connectivity index (χ2v) is 6.12. The Labute approximate surface area is 94.7 Å². The van der Waals surface area contributed by atoms with Crippen molar-refractivity contribution >= 4 is 7.85 Å². The normalized spacial score (nSPS) is 41.8. The molecule has 0 saturated heterocycles. The first-order valence-electron chi connectivity index (χ1n) is 6.34. The van der Waals surface area contributed by atoms with E-state index in [-0.39, 0.29) is 0 Å². The molecule has 2 heteroatoms. The standard InChI is InChI=1S/C13H23BO/c1-9-10(2)15-12-8-13(3,14)7-5-4-6-11(9)12/h11-12H,4-8,14H2,1-3H3/t11?,12?,13-/m1/s1. The molecule has 84 valence electrons. The largest absolute Gasteiger partial charge is 0.495 e. The van der Waals surface area contributed by atoms with Gasteiger partial charge in [-0.1, -0.05) is 31.5 Å². The highest BCUT2D eigenvalue weighted by molar-refractivity contribution is 6.14. The first kappa shape index (κ1) is 11.1. The van der Waals surface area contributed by atoms with Crippen LogP contribution in [0.4, 0.5) is 0 Å². The first-order valence-corrected chi connectivity index (χ1v) is 6.34. The second-order valence-electron chi connectivity index (χ2n) is 6.12. The fraction of sp³-hybridized carbons (Fsp3) is 0.846. The highest BCUT2D eigenvalue weighted by Gasteiger charge is 2.37. The minimum Gasteiger partial charge on any atom is -0.495 e. The van der Waals surface area contributed by atoms with Crippen molar-refractivity contribution in [3.05, 3.63) is 11.3 Å². The second kappa shape index (κ2) is 3.88. The molecule has 1 aliphatic carbocycles. The maximum absolute atomic E-state index is 6.03. The molecule has 0 aromatic carbocycles. The minimum atomic E-state index is 0.467. The van der Waals surface area contributed by atoms with Crippen LogP contribution >= 0.6 is 0 Å². The molecule has 0 bridgehead atoms. The van der Waals surface area contributed by atoms with E-state index in [1.54, 1.807) is 0 Å². The molecule has 1 heterocycles. The lowest BCUT2D eigenvalue weighted by Gasteiger charge is -2.33. The molecular weight excluding hydrogens is 183 g/mol.